The van der Waals surface area contributed by atoms with Gasteiger partial charge in [0.2, 0.25) is 0 Å². The third-order valence-corrected chi connectivity index (χ3v) is 3.72. The van der Waals surface area contributed by atoms with Crippen molar-refractivity contribution < 1.29 is 19.4 Å². The molecule has 118 valence electrons. The van der Waals surface area contributed by atoms with Crippen molar-refractivity contribution in [2.75, 3.05) is 0 Å². The van der Waals surface area contributed by atoms with E-state index < -0.39 is 17.4 Å². The van der Waals surface area contributed by atoms with Crippen molar-refractivity contribution in [1.82, 2.24) is 0 Å². The quantitative estimate of drug-likeness (QED) is 0.457. The second kappa shape index (κ2) is 9.78. The van der Waals surface area contributed by atoms with Crippen LogP contribution in [0, 0.1) is 5.41 Å². The summed E-state index contributed by atoms with van der Waals surface area (Å²) in [6, 6.07) is 0. The zero-order valence-electron chi connectivity index (χ0n) is 13.4. The van der Waals surface area contributed by atoms with E-state index in [1.165, 1.54) is 0 Å². The molecule has 0 amide bonds. The summed E-state index contributed by atoms with van der Waals surface area (Å²) in [6.45, 7) is 7.84. The molecule has 0 saturated carbocycles. The van der Waals surface area contributed by atoms with Crippen molar-refractivity contribution in [3.05, 3.63) is 0 Å². The van der Waals surface area contributed by atoms with Crippen LogP contribution in [0.1, 0.15) is 79.1 Å². The van der Waals surface area contributed by atoms with Gasteiger partial charge in [-0.1, -0.05) is 52.9 Å². The first kappa shape index (κ1) is 18.9. The van der Waals surface area contributed by atoms with Crippen LogP contribution >= 0.6 is 0 Å². The van der Waals surface area contributed by atoms with Crippen molar-refractivity contribution in [2.24, 2.45) is 5.41 Å². The van der Waals surface area contributed by atoms with Gasteiger partial charge in [-0.3, -0.25) is 9.59 Å². The summed E-state index contributed by atoms with van der Waals surface area (Å²) in [6.07, 6.45) is 5.42. The van der Waals surface area contributed by atoms with Crippen molar-refractivity contribution in [1.29, 1.82) is 0 Å². The average Bonchev–Trinajstić information content (AvgIpc) is 2.39. The molecule has 4 heteroatoms. The van der Waals surface area contributed by atoms with Crippen LogP contribution in [0.25, 0.3) is 0 Å². The Labute approximate surface area is 122 Å². The molecule has 1 N–H and O–H groups in total. The molecule has 0 bridgehead atoms. The van der Waals surface area contributed by atoms with Crippen LogP contribution in [0.5, 0.6) is 0 Å². The fraction of sp³-hybridized carbons (Fsp3) is 0.875. The lowest BCUT2D eigenvalue weighted by Crippen LogP contribution is -2.42. The topological polar surface area (TPSA) is 63.6 Å². The van der Waals surface area contributed by atoms with Crippen LogP contribution in [0.15, 0.2) is 0 Å². The monoisotopic (exact) mass is 286 g/mol. The van der Waals surface area contributed by atoms with E-state index in [9.17, 15) is 14.7 Å². The maximum absolute atomic E-state index is 12.4. The molecule has 0 spiro atoms. The Morgan fingerprint density at radius 1 is 1.05 bits per heavy atom. The second-order valence-electron chi connectivity index (χ2n) is 5.60. The largest absolute Gasteiger partial charge is 0.480 e. The van der Waals surface area contributed by atoms with Gasteiger partial charge < -0.3 is 9.84 Å². The van der Waals surface area contributed by atoms with Gasteiger partial charge in [0.15, 0.2) is 5.41 Å². The number of unbranched alkanes of at least 4 members (excludes halogenated alkanes) is 2. The summed E-state index contributed by atoms with van der Waals surface area (Å²) in [5.74, 6) is -1.58. The van der Waals surface area contributed by atoms with Crippen LogP contribution in [0.3, 0.4) is 0 Å². The van der Waals surface area contributed by atoms with Gasteiger partial charge in [0.05, 0.1) is 6.10 Å². The zero-order valence-corrected chi connectivity index (χ0v) is 13.4. The smallest absolute Gasteiger partial charge is 0.323 e. The number of aliphatic carboxylic acids is 1. The highest BCUT2D eigenvalue weighted by molar-refractivity contribution is 5.99. The zero-order chi connectivity index (χ0) is 15.6. The molecule has 0 fully saturated rings. The molecule has 4 nitrogen and oxygen atoms in total. The van der Waals surface area contributed by atoms with Gasteiger partial charge in [0.1, 0.15) is 0 Å². The van der Waals surface area contributed by atoms with E-state index in [-0.39, 0.29) is 6.10 Å². The summed E-state index contributed by atoms with van der Waals surface area (Å²) in [4.78, 5) is 24.1. The molecule has 0 aliphatic heterocycles. The predicted molar refractivity (Wildman–Crippen MR) is 79.6 cm³/mol. The molecule has 0 radical (unpaired) electrons. The SMILES string of the molecule is CCCCC(CCCC)(C(=O)O)C(=O)OC(C)CCC. The number of esters is 1. The minimum atomic E-state index is -1.35. The molecule has 0 rings (SSSR count). The molecule has 0 aliphatic rings. The highest BCUT2D eigenvalue weighted by Crippen LogP contribution is 2.34. The van der Waals surface area contributed by atoms with Crippen molar-refractivity contribution >= 4 is 11.9 Å². The Bertz CT molecular complexity index is 291. The van der Waals surface area contributed by atoms with Gasteiger partial charge in [-0.2, -0.15) is 0 Å². The highest BCUT2D eigenvalue weighted by atomic mass is 16.5. The summed E-state index contributed by atoms with van der Waals surface area (Å²) in [5.41, 5.74) is -1.35. The van der Waals surface area contributed by atoms with Crippen LogP contribution in [-0.2, 0) is 14.3 Å². The Morgan fingerprint density at radius 3 is 1.90 bits per heavy atom. The Hall–Kier alpha value is -1.06. The summed E-state index contributed by atoms with van der Waals surface area (Å²) >= 11 is 0. The summed E-state index contributed by atoms with van der Waals surface area (Å²) in [7, 11) is 0. The van der Waals surface area contributed by atoms with Crippen molar-refractivity contribution in [3.63, 3.8) is 0 Å². The number of hydrogen-bond acceptors (Lipinski definition) is 3. The first-order chi connectivity index (χ1) is 9.44. The molecule has 20 heavy (non-hydrogen) atoms. The van der Waals surface area contributed by atoms with E-state index in [2.05, 4.69) is 0 Å². The molecule has 0 aromatic rings. The number of carboxylic acid groups (broad SMARTS) is 1. The van der Waals surface area contributed by atoms with E-state index in [0.29, 0.717) is 12.8 Å². The maximum Gasteiger partial charge on any atom is 0.323 e. The summed E-state index contributed by atoms with van der Waals surface area (Å²) in [5, 5.41) is 9.59. The van der Waals surface area contributed by atoms with Gasteiger partial charge in [-0.15, -0.1) is 0 Å². The number of ether oxygens (including phenoxy) is 1. The minimum Gasteiger partial charge on any atom is -0.480 e. The minimum absolute atomic E-state index is 0.213. The number of carbonyl (C=O) groups excluding carboxylic acids is 1. The number of carboxylic acids is 1. The Morgan fingerprint density at radius 2 is 1.55 bits per heavy atom. The van der Waals surface area contributed by atoms with Gasteiger partial charge in [-0.05, 0) is 26.2 Å². The molecule has 1 unspecified atom stereocenters. The summed E-state index contributed by atoms with van der Waals surface area (Å²) < 4.78 is 5.39. The lowest BCUT2D eigenvalue weighted by Gasteiger charge is -2.28. The van der Waals surface area contributed by atoms with Gasteiger partial charge in [0.25, 0.3) is 0 Å². The molecular formula is C16H30O4. The molecule has 0 aromatic heterocycles. The third-order valence-electron chi connectivity index (χ3n) is 3.72. The van der Waals surface area contributed by atoms with Crippen LogP contribution in [-0.4, -0.2) is 23.1 Å². The fourth-order valence-corrected chi connectivity index (χ4v) is 2.35. The van der Waals surface area contributed by atoms with Gasteiger partial charge in [0, 0.05) is 0 Å². The van der Waals surface area contributed by atoms with E-state index in [4.69, 9.17) is 4.74 Å². The van der Waals surface area contributed by atoms with E-state index >= 15 is 0 Å². The first-order valence-corrected chi connectivity index (χ1v) is 7.89. The first-order valence-electron chi connectivity index (χ1n) is 7.89. The van der Waals surface area contributed by atoms with Crippen LogP contribution in [0.2, 0.25) is 0 Å². The normalized spacial score (nSPS) is 13.0. The van der Waals surface area contributed by atoms with Crippen LogP contribution < -0.4 is 0 Å². The van der Waals surface area contributed by atoms with E-state index in [1.54, 1.807) is 0 Å². The Kier molecular flexibility index (Phi) is 9.26. The molecule has 0 saturated heterocycles. The molecule has 0 heterocycles. The van der Waals surface area contributed by atoms with Gasteiger partial charge >= 0.3 is 11.9 Å². The molecule has 0 aromatic carbocycles. The highest BCUT2D eigenvalue weighted by Gasteiger charge is 2.46. The predicted octanol–water partition coefficient (Wildman–Crippen LogP) is 4.17. The van der Waals surface area contributed by atoms with Crippen molar-refractivity contribution in [2.45, 2.75) is 85.2 Å². The van der Waals surface area contributed by atoms with Crippen molar-refractivity contribution in [3.8, 4) is 0 Å². The Balaban J connectivity index is 5.03. The average molecular weight is 286 g/mol. The number of hydrogen-bond donors (Lipinski definition) is 1. The van der Waals surface area contributed by atoms with E-state index in [1.807, 2.05) is 27.7 Å². The maximum atomic E-state index is 12.4. The fourth-order valence-electron chi connectivity index (χ4n) is 2.35. The molecule has 1 atom stereocenters. The van der Waals surface area contributed by atoms with E-state index in [0.717, 1.165) is 38.5 Å². The lowest BCUT2D eigenvalue weighted by molar-refractivity contribution is -0.173. The lowest BCUT2D eigenvalue weighted by atomic mass is 9.78. The molecule has 0 aliphatic carbocycles. The molecular weight excluding hydrogens is 256 g/mol. The third kappa shape index (κ3) is 5.51. The second-order valence-corrected chi connectivity index (χ2v) is 5.60. The standard InChI is InChI=1S/C16H30O4/c1-5-8-11-16(14(17)18,12-9-6-2)15(19)20-13(4)10-7-3/h13H,5-12H2,1-4H3,(H,17,18). The van der Waals surface area contributed by atoms with Crippen LogP contribution in [0.4, 0.5) is 0 Å². The number of rotatable bonds is 11. The van der Waals surface area contributed by atoms with Gasteiger partial charge in [-0.25, -0.2) is 0 Å². The number of carbonyl (C=O) groups is 2.